The molecule has 5 heteroatoms. The molecule has 0 unspecified atom stereocenters. The number of anilines is 1. The van der Waals surface area contributed by atoms with Gasteiger partial charge in [0.2, 0.25) is 0 Å². The van der Waals surface area contributed by atoms with Crippen LogP contribution in [-0.4, -0.2) is 12.1 Å². The van der Waals surface area contributed by atoms with E-state index in [-0.39, 0.29) is 6.10 Å². The van der Waals surface area contributed by atoms with Gasteiger partial charge in [0.25, 0.3) is 0 Å². The molecule has 2 amide bonds. The predicted octanol–water partition coefficient (Wildman–Crippen LogP) is 3.93. The first-order valence-electron chi connectivity index (χ1n) is 7.09. The number of rotatable bonds is 5. The predicted molar refractivity (Wildman–Crippen MR) is 84.5 cm³/mol. The van der Waals surface area contributed by atoms with Crippen LogP contribution in [0.2, 0.25) is 0 Å². The Labute approximate surface area is 129 Å². The van der Waals surface area contributed by atoms with Gasteiger partial charge in [-0.3, -0.25) is 0 Å². The average molecular weight is 302 g/mol. The van der Waals surface area contributed by atoms with Gasteiger partial charge in [0.05, 0.1) is 11.8 Å². The van der Waals surface area contributed by atoms with Crippen LogP contribution in [0.3, 0.4) is 0 Å². The minimum Gasteiger partial charge on any atom is -0.489 e. The van der Waals surface area contributed by atoms with E-state index < -0.39 is 11.8 Å². The van der Waals surface area contributed by atoms with Gasteiger partial charge in [-0.15, -0.1) is 0 Å². The SMILES string of the molecule is CC(C)Oc1ccc(F)cc1NC(=O)NCc1ccccc1. The maximum atomic E-state index is 13.4. The van der Waals surface area contributed by atoms with Crippen molar-refractivity contribution in [1.82, 2.24) is 5.32 Å². The largest absolute Gasteiger partial charge is 0.489 e. The van der Waals surface area contributed by atoms with Crippen LogP contribution in [0.15, 0.2) is 48.5 Å². The van der Waals surface area contributed by atoms with Gasteiger partial charge < -0.3 is 15.4 Å². The first-order chi connectivity index (χ1) is 10.5. The fourth-order valence-electron chi connectivity index (χ4n) is 1.90. The quantitative estimate of drug-likeness (QED) is 0.879. The Morgan fingerprint density at radius 3 is 2.59 bits per heavy atom. The van der Waals surface area contributed by atoms with E-state index in [0.717, 1.165) is 5.56 Å². The number of hydrogen-bond acceptors (Lipinski definition) is 2. The number of carbonyl (C=O) groups excluding carboxylic acids is 1. The molecule has 0 saturated carbocycles. The summed E-state index contributed by atoms with van der Waals surface area (Å²) in [7, 11) is 0. The Bertz CT molecular complexity index is 630. The number of benzene rings is 2. The van der Waals surface area contributed by atoms with Gasteiger partial charge in [-0.25, -0.2) is 9.18 Å². The van der Waals surface area contributed by atoms with Crippen molar-refractivity contribution in [3.8, 4) is 5.75 Å². The molecule has 0 spiro atoms. The Morgan fingerprint density at radius 2 is 1.91 bits per heavy atom. The summed E-state index contributed by atoms with van der Waals surface area (Å²) in [4.78, 5) is 11.9. The zero-order valence-electron chi connectivity index (χ0n) is 12.6. The van der Waals surface area contributed by atoms with Gasteiger partial charge in [0, 0.05) is 12.6 Å². The van der Waals surface area contributed by atoms with Gasteiger partial charge in [0.1, 0.15) is 11.6 Å². The molecule has 22 heavy (non-hydrogen) atoms. The van der Waals surface area contributed by atoms with Crippen LogP contribution in [0.25, 0.3) is 0 Å². The first kappa shape index (κ1) is 15.8. The lowest BCUT2D eigenvalue weighted by molar-refractivity contribution is 0.241. The maximum Gasteiger partial charge on any atom is 0.319 e. The topological polar surface area (TPSA) is 50.4 Å². The molecule has 2 aromatic rings. The molecule has 0 atom stereocenters. The molecular weight excluding hydrogens is 283 g/mol. The summed E-state index contributed by atoms with van der Waals surface area (Å²) < 4.78 is 18.9. The first-order valence-corrected chi connectivity index (χ1v) is 7.09. The molecule has 0 aliphatic rings. The molecule has 0 bridgehead atoms. The van der Waals surface area contributed by atoms with Crippen molar-refractivity contribution in [2.45, 2.75) is 26.5 Å². The number of urea groups is 1. The minimum absolute atomic E-state index is 0.0709. The van der Waals surface area contributed by atoms with E-state index in [0.29, 0.717) is 18.0 Å². The Balaban J connectivity index is 2.00. The monoisotopic (exact) mass is 302 g/mol. The Morgan fingerprint density at radius 1 is 1.18 bits per heavy atom. The van der Waals surface area contributed by atoms with Crippen LogP contribution in [0.1, 0.15) is 19.4 Å². The number of amides is 2. The van der Waals surface area contributed by atoms with Crippen LogP contribution in [0.5, 0.6) is 5.75 Å². The summed E-state index contributed by atoms with van der Waals surface area (Å²) >= 11 is 0. The van der Waals surface area contributed by atoms with Gasteiger partial charge in [-0.1, -0.05) is 30.3 Å². The van der Waals surface area contributed by atoms with Crippen molar-refractivity contribution in [2.75, 3.05) is 5.32 Å². The fraction of sp³-hybridized carbons (Fsp3) is 0.235. The Hall–Kier alpha value is -2.56. The summed E-state index contributed by atoms with van der Waals surface area (Å²) in [5, 5.41) is 5.33. The third-order valence-electron chi connectivity index (χ3n) is 2.85. The standard InChI is InChI=1S/C17H19FN2O2/c1-12(2)22-16-9-8-14(18)10-15(16)20-17(21)19-11-13-6-4-3-5-7-13/h3-10,12H,11H2,1-2H3,(H2,19,20,21). The number of carbonyl (C=O) groups is 1. The average Bonchev–Trinajstić information content (AvgIpc) is 2.49. The summed E-state index contributed by atoms with van der Waals surface area (Å²) in [5.41, 5.74) is 1.29. The second-order valence-corrected chi connectivity index (χ2v) is 5.10. The van der Waals surface area contributed by atoms with E-state index in [2.05, 4.69) is 10.6 Å². The van der Waals surface area contributed by atoms with Crippen molar-refractivity contribution >= 4 is 11.7 Å². The number of nitrogens with one attached hydrogen (secondary N) is 2. The third-order valence-corrected chi connectivity index (χ3v) is 2.85. The normalized spacial score (nSPS) is 10.4. The fourth-order valence-corrected chi connectivity index (χ4v) is 1.90. The smallest absolute Gasteiger partial charge is 0.319 e. The molecule has 2 rings (SSSR count). The molecule has 4 nitrogen and oxygen atoms in total. The molecule has 0 radical (unpaired) electrons. The van der Waals surface area contributed by atoms with Crippen LogP contribution in [0, 0.1) is 5.82 Å². The zero-order chi connectivity index (χ0) is 15.9. The summed E-state index contributed by atoms with van der Waals surface area (Å²) in [6.45, 7) is 4.12. The van der Waals surface area contributed by atoms with Crippen molar-refractivity contribution in [3.63, 3.8) is 0 Å². The highest BCUT2D eigenvalue weighted by Gasteiger charge is 2.10. The van der Waals surface area contributed by atoms with Gasteiger partial charge in [-0.05, 0) is 31.5 Å². The Kier molecular flexibility index (Phi) is 5.36. The van der Waals surface area contributed by atoms with Gasteiger partial charge >= 0.3 is 6.03 Å². The van der Waals surface area contributed by atoms with Crippen LogP contribution >= 0.6 is 0 Å². The highest BCUT2D eigenvalue weighted by Crippen LogP contribution is 2.26. The zero-order valence-corrected chi connectivity index (χ0v) is 12.6. The van der Waals surface area contributed by atoms with Crippen molar-refractivity contribution in [2.24, 2.45) is 0 Å². The van der Waals surface area contributed by atoms with Gasteiger partial charge in [0.15, 0.2) is 0 Å². The second-order valence-electron chi connectivity index (χ2n) is 5.10. The molecule has 0 saturated heterocycles. The molecule has 0 heterocycles. The van der Waals surface area contributed by atoms with E-state index >= 15 is 0 Å². The van der Waals surface area contributed by atoms with E-state index in [9.17, 15) is 9.18 Å². The summed E-state index contributed by atoms with van der Waals surface area (Å²) in [6.07, 6.45) is -0.0709. The minimum atomic E-state index is -0.436. The molecule has 0 aromatic heterocycles. The maximum absolute atomic E-state index is 13.4. The molecule has 0 aliphatic heterocycles. The van der Waals surface area contributed by atoms with E-state index in [1.807, 2.05) is 44.2 Å². The summed E-state index contributed by atoms with van der Waals surface area (Å²) in [6, 6.07) is 13.2. The van der Waals surface area contributed by atoms with Crippen LogP contribution < -0.4 is 15.4 Å². The second kappa shape index (κ2) is 7.45. The molecule has 116 valence electrons. The molecule has 0 aliphatic carbocycles. The highest BCUT2D eigenvalue weighted by atomic mass is 19.1. The van der Waals surface area contributed by atoms with Crippen molar-refractivity contribution in [1.29, 1.82) is 0 Å². The molecule has 0 fully saturated rings. The molecular formula is C17H19FN2O2. The van der Waals surface area contributed by atoms with E-state index in [1.54, 1.807) is 0 Å². The van der Waals surface area contributed by atoms with Crippen LogP contribution in [0.4, 0.5) is 14.9 Å². The number of halogens is 1. The number of hydrogen-bond donors (Lipinski definition) is 2. The highest BCUT2D eigenvalue weighted by molar-refractivity contribution is 5.90. The molecule has 2 aromatic carbocycles. The molecule has 2 N–H and O–H groups in total. The lowest BCUT2D eigenvalue weighted by atomic mass is 10.2. The van der Waals surface area contributed by atoms with Crippen molar-refractivity contribution in [3.05, 3.63) is 59.9 Å². The van der Waals surface area contributed by atoms with Gasteiger partial charge in [-0.2, -0.15) is 0 Å². The number of ether oxygens (including phenoxy) is 1. The lowest BCUT2D eigenvalue weighted by Gasteiger charge is -2.15. The lowest BCUT2D eigenvalue weighted by Crippen LogP contribution is -2.28. The van der Waals surface area contributed by atoms with Crippen LogP contribution in [-0.2, 0) is 6.54 Å². The van der Waals surface area contributed by atoms with E-state index in [4.69, 9.17) is 4.74 Å². The summed E-state index contributed by atoms with van der Waals surface area (Å²) in [5.74, 6) is 0.000673. The third kappa shape index (κ3) is 4.77. The van der Waals surface area contributed by atoms with Crippen molar-refractivity contribution < 1.29 is 13.9 Å². The van der Waals surface area contributed by atoms with E-state index in [1.165, 1.54) is 18.2 Å².